The Morgan fingerprint density at radius 2 is 1.47 bits per heavy atom. The van der Waals surface area contributed by atoms with Gasteiger partial charge in [-0.15, -0.1) is 23.2 Å². The average Bonchev–Trinajstić information content (AvgIpc) is 2.61. The molecule has 0 saturated heterocycles. The van der Waals surface area contributed by atoms with Crippen molar-refractivity contribution >= 4 is 58.0 Å². The highest BCUT2D eigenvalue weighted by Gasteiger charge is 2.60. The molecule has 0 amide bonds. The Balaban J connectivity index is 2.40. The zero-order chi connectivity index (χ0) is 11.4. The van der Waals surface area contributed by atoms with E-state index in [0.29, 0.717) is 15.1 Å². The number of alkyl halides is 2. The second-order valence-electron chi connectivity index (χ2n) is 3.74. The van der Waals surface area contributed by atoms with Crippen molar-refractivity contribution in [3.8, 4) is 0 Å². The minimum atomic E-state index is -0.708. The zero-order valence-corrected chi connectivity index (χ0v) is 11.5. The van der Waals surface area contributed by atoms with Gasteiger partial charge in [-0.25, -0.2) is 0 Å². The maximum absolute atomic E-state index is 6.08. The van der Waals surface area contributed by atoms with Crippen LogP contribution in [0, 0.1) is 5.92 Å². The number of benzene rings is 1. The number of halogens is 5. The molecular formula is C10H7Cl5. The van der Waals surface area contributed by atoms with Crippen LogP contribution in [0.15, 0.2) is 12.1 Å². The lowest BCUT2D eigenvalue weighted by atomic mass is 10.1. The quantitative estimate of drug-likeness (QED) is 0.471. The summed E-state index contributed by atoms with van der Waals surface area (Å²) in [6.45, 7) is 1.99. The molecule has 0 N–H and O–H groups in total. The Bertz CT molecular complexity index is 389. The molecule has 82 valence electrons. The van der Waals surface area contributed by atoms with Crippen LogP contribution in [0.2, 0.25) is 15.1 Å². The molecule has 0 heterocycles. The van der Waals surface area contributed by atoms with Gasteiger partial charge in [0.25, 0.3) is 0 Å². The Morgan fingerprint density at radius 1 is 1.07 bits per heavy atom. The maximum Gasteiger partial charge on any atom is 0.128 e. The topological polar surface area (TPSA) is 0 Å². The van der Waals surface area contributed by atoms with Crippen molar-refractivity contribution in [1.29, 1.82) is 0 Å². The van der Waals surface area contributed by atoms with Crippen LogP contribution in [0.4, 0.5) is 0 Å². The minimum absolute atomic E-state index is 0.0769. The van der Waals surface area contributed by atoms with Crippen LogP contribution < -0.4 is 0 Å². The van der Waals surface area contributed by atoms with E-state index in [-0.39, 0.29) is 11.8 Å². The first-order chi connectivity index (χ1) is 6.85. The number of hydrogen-bond acceptors (Lipinski definition) is 0. The van der Waals surface area contributed by atoms with E-state index < -0.39 is 4.33 Å². The van der Waals surface area contributed by atoms with Crippen LogP contribution in [-0.2, 0) is 0 Å². The summed E-state index contributed by atoms with van der Waals surface area (Å²) in [7, 11) is 0. The summed E-state index contributed by atoms with van der Waals surface area (Å²) in [5, 5.41) is 1.23. The molecule has 0 radical (unpaired) electrons. The van der Waals surface area contributed by atoms with Gasteiger partial charge >= 0.3 is 0 Å². The van der Waals surface area contributed by atoms with Gasteiger partial charge in [0, 0.05) is 5.92 Å². The Hall–Kier alpha value is 0.670. The second-order valence-corrected chi connectivity index (χ2v) is 6.38. The fourth-order valence-electron chi connectivity index (χ4n) is 1.75. The van der Waals surface area contributed by atoms with Crippen LogP contribution in [0.5, 0.6) is 0 Å². The fourth-order valence-corrected chi connectivity index (χ4v) is 3.11. The number of rotatable bonds is 1. The van der Waals surface area contributed by atoms with Crippen molar-refractivity contribution in [2.75, 3.05) is 0 Å². The third-order valence-electron chi connectivity index (χ3n) is 2.78. The van der Waals surface area contributed by atoms with Crippen molar-refractivity contribution in [3.63, 3.8) is 0 Å². The molecule has 0 bridgehead atoms. The first-order valence-corrected chi connectivity index (χ1v) is 6.27. The van der Waals surface area contributed by atoms with Gasteiger partial charge in [0.05, 0.1) is 15.1 Å². The van der Waals surface area contributed by atoms with E-state index in [1.165, 1.54) is 0 Å². The highest BCUT2D eigenvalue weighted by Crippen LogP contribution is 2.65. The van der Waals surface area contributed by atoms with Crippen molar-refractivity contribution in [2.45, 2.75) is 17.2 Å². The molecule has 1 unspecified atom stereocenters. The summed E-state index contributed by atoms with van der Waals surface area (Å²) in [6, 6.07) is 3.53. The Labute approximate surface area is 113 Å². The lowest BCUT2D eigenvalue weighted by molar-refractivity contribution is 0.911. The van der Waals surface area contributed by atoms with Crippen LogP contribution >= 0.6 is 58.0 Å². The van der Waals surface area contributed by atoms with Gasteiger partial charge in [-0.05, 0) is 23.6 Å². The Morgan fingerprint density at radius 3 is 1.80 bits per heavy atom. The summed E-state index contributed by atoms with van der Waals surface area (Å²) in [5.74, 6) is 0.280. The van der Waals surface area contributed by atoms with Crippen molar-refractivity contribution in [2.24, 2.45) is 5.92 Å². The molecule has 1 aromatic rings. The molecule has 2 atom stereocenters. The van der Waals surface area contributed by atoms with Crippen molar-refractivity contribution < 1.29 is 0 Å². The smallest absolute Gasteiger partial charge is 0.101 e. The molecule has 1 aliphatic carbocycles. The summed E-state index contributed by atoms with van der Waals surface area (Å²) in [5.41, 5.74) is 0.937. The van der Waals surface area contributed by atoms with Gasteiger partial charge < -0.3 is 0 Å². The minimum Gasteiger partial charge on any atom is -0.101 e. The highest BCUT2D eigenvalue weighted by molar-refractivity contribution is 6.52. The lowest BCUT2D eigenvalue weighted by Gasteiger charge is -2.05. The molecule has 0 aliphatic heterocycles. The van der Waals surface area contributed by atoms with Crippen LogP contribution in [-0.4, -0.2) is 4.33 Å². The highest BCUT2D eigenvalue weighted by atomic mass is 35.5. The molecular weight excluding hydrogens is 297 g/mol. The van der Waals surface area contributed by atoms with E-state index in [4.69, 9.17) is 58.0 Å². The largest absolute Gasteiger partial charge is 0.128 e. The second kappa shape index (κ2) is 3.85. The van der Waals surface area contributed by atoms with Gasteiger partial charge in [0.2, 0.25) is 0 Å². The van der Waals surface area contributed by atoms with Crippen molar-refractivity contribution in [1.82, 2.24) is 0 Å². The van der Waals surface area contributed by atoms with Gasteiger partial charge in [-0.2, -0.15) is 0 Å². The Kier molecular flexibility index (Phi) is 3.12. The third-order valence-corrected chi connectivity index (χ3v) is 5.13. The molecule has 1 saturated carbocycles. The summed E-state index contributed by atoms with van der Waals surface area (Å²) >= 11 is 29.9. The SMILES string of the molecule is C[C@@H]1C(c2cc(Cl)c(Cl)c(Cl)c2)C1(Cl)Cl. The predicted octanol–water partition coefficient (Wildman–Crippen LogP) is 5.55. The maximum atomic E-state index is 6.08. The van der Waals surface area contributed by atoms with E-state index in [1.807, 2.05) is 6.92 Å². The molecule has 0 nitrogen and oxygen atoms in total. The van der Waals surface area contributed by atoms with E-state index in [9.17, 15) is 0 Å². The molecule has 15 heavy (non-hydrogen) atoms. The molecule has 0 spiro atoms. The first-order valence-electron chi connectivity index (χ1n) is 4.38. The fraction of sp³-hybridized carbons (Fsp3) is 0.400. The summed E-state index contributed by atoms with van der Waals surface area (Å²) in [4.78, 5) is 0. The van der Waals surface area contributed by atoms with Gasteiger partial charge in [0.15, 0.2) is 0 Å². The van der Waals surface area contributed by atoms with Gasteiger partial charge in [-0.3, -0.25) is 0 Å². The molecule has 5 heteroatoms. The normalized spacial score (nSPS) is 27.9. The van der Waals surface area contributed by atoms with Crippen LogP contribution in [0.1, 0.15) is 18.4 Å². The molecule has 1 aliphatic rings. The first kappa shape index (κ1) is 12.1. The zero-order valence-electron chi connectivity index (χ0n) is 7.70. The van der Waals surface area contributed by atoms with Crippen LogP contribution in [0.25, 0.3) is 0 Å². The van der Waals surface area contributed by atoms with E-state index in [1.54, 1.807) is 12.1 Å². The van der Waals surface area contributed by atoms with E-state index in [2.05, 4.69) is 0 Å². The molecule has 1 aromatic carbocycles. The van der Waals surface area contributed by atoms with E-state index in [0.717, 1.165) is 5.56 Å². The third kappa shape index (κ3) is 1.96. The monoisotopic (exact) mass is 302 g/mol. The molecule has 0 aromatic heterocycles. The summed E-state index contributed by atoms with van der Waals surface area (Å²) < 4.78 is -0.708. The van der Waals surface area contributed by atoms with Crippen LogP contribution in [0.3, 0.4) is 0 Å². The predicted molar refractivity (Wildman–Crippen MR) is 67.8 cm³/mol. The van der Waals surface area contributed by atoms with Gasteiger partial charge in [0.1, 0.15) is 4.33 Å². The van der Waals surface area contributed by atoms with Gasteiger partial charge in [-0.1, -0.05) is 41.7 Å². The molecule has 1 fully saturated rings. The summed E-state index contributed by atoms with van der Waals surface area (Å²) in [6.07, 6.45) is 0. The number of hydrogen-bond donors (Lipinski definition) is 0. The van der Waals surface area contributed by atoms with Crippen molar-refractivity contribution in [3.05, 3.63) is 32.8 Å². The molecule has 2 rings (SSSR count). The standard InChI is InChI=1S/C10H7Cl5/c1-4-8(10(4,14)15)5-2-6(11)9(13)7(12)3-5/h2-4,8H,1H3/t4-,8?/m1/s1. The average molecular weight is 304 g/mol. The lowest BCUT2D eigenvalue weighted by Crippen LogP contribution is -1.90. The van der Waals surface area contributed by atoms with E-state index >= 15 is 0 Å².